The number of carbonyl (C=O) groups excluding carboxylic acids is 2. The maximum Gasteiger partial charge on any atom is 0.243 e. The van der Waals surface area contributed by atoms with E-state index in [1.165, 1.54) is 5.56 Å². The van der Waals surface area contributed by atoms with Gasteiger partial charge in [0.1, 0.15) is 6.04 Å². The number of nitrogens with zero attached hydrogens (tertiary/aromatic N) is 1. The van der Waals surface area contributed by atoms with E-state index in [1.807, 2.05) is 54.6 Å². The van der Waals surface area contributed by atoms with Crippen molar-refractivity contribution in [3.8, 4) is 0 Å². The molecule has 7 heteroatoms. The van der Waals surface area contributed by atoms with Gasteiger partial charge in [-0.25, -0.2) is 0 Å². The highest BCUT2D eigenvalue weighted by Gasteiger charge is 2.32. The fourth-order valence-corrected chi connectivity index (χ4v) is 6.04. The molecule has 0 saturated heterocycles. The minimum Gasteiger partial charge on any atom is -0.352 e. The molecule has 1 atom stereocenters. The summed E-state index contributed by atoms with van der Waals surface area (Å²) in [6.45, 7) is 0.286. The number of carbonyl (C=O) groups is 2. The molecular weight excluding hydrogens is 535 g/mol. The Bertz CT molecular complexity index is 1190. The molecule has 0 radical (unpaired) electrons. The first-order valence-corrected chi connectivity index (χ1v) is 15.1. The van der Waals surface area contributed by atoms with Crippen LogP contribution in [0.2, 0.25) is 10.0 Å². The highest BCUT2D eigenvalue weighted by Crippen LogP contribution is 2.25. The molecule has 3 aromatic carbocycles. The Morgan fingerprint density at radius 1 is 0.868 bits per heavy atom. The molecule has 4 rings (SSSR count). The molecule has 0 aromatic heterocycles. The lowest BCUT2D eigenvalue weighted by Crippen LogP contribution is -2.52. The van der Waals surface area contributed by atoms with Gasteiger partial charge in [0, 0.05) is 36.9 Å². The van der Waals surface area contributed by atoms with E-state index in [-0.39, 0.29) is 24.4 Å². The zero-order valence-electron chi connectivity index (χ0n) is 21.5. The van der Waals surface area contributed by atoms with Crippen molar-refractivity contribution in [2.75, 3.05) is 5.75 Å². The average molecular weight is 570 g/mol. The van der Waals surface area contributed by atoms with Crippen molar-refractivity contribution < 1.29 is 9.59 Å². The van der Waals surface area contributed by atoms with E-state index in [1.54, 1.807) is 28.8 Å². The van der Waals surface area contributed by atoms with Crippen LogP contribution >= 0.6 is 35.0 Å². The fourth-order valence-electron chi connectivity index (χ4n) is 4.82. The lowest BCUT2D eigenvalue weighted by molar-refractivity contribution is -0.141. The summed E-state index contributed by atoms with van der Waals surface area (Å²) in [6, 6.07) is 25.1. The highest BCUT2D eigenvalue weighted by molar-refractivity contribution is 7.98. The molecule has 1 fully saturated rings. The van der Waals surface area contributed by atoms with Gasteiger partial charge in [0.05, 0.1) is 10.0 Å². The maximum atomic E-state index is 13.8. The summed E-state index contributed by atoms with van der Waals surface area (Å²) in [5, 5.41) is 4.14. The third-order valence-electron chi connectivity index (χ3n) is 6.88. The van der Waals surface area contributed by atoms with E-state index in [0.29, 0.717) is 28.6 Å². The van der Waals surface area contributed by atoms with Crippen molar-refractivity contribution >= 4 is 46.8 Å². The normalized spacial score (nSPS) is 14.3. The topological polar surface area (TPSA) is 49.4 Å². The summed E-state index contributed by atoms with van der Waals surface area (Å²) in [4.78, 5) is 29.2. The van der Waals surface area contributed by atoms with Gasteiger partial charge in [-0.3, -0.25) is 9.59 Å². The zero-order chi connectivity index (χ0) is 26.7. The molecule has 3 aromatic rings. The zero-order valence-corrected chi connectivity index (χ0v) is 23.8. The first kappa shape index (κ1) is 28.5. The second-order valence-electron chi connectivity index (χ2n) is 9.75. The number of amides is 2. The van der Waals surface area contributed by atoms with Gasteiger partial charge in [0.25, 0.3) is 0 Å². The number of nitrogens with one attached hydrogen (secondary N) is 1. The van der Waals surface area contributed by atoms with E-state index in [9.17, 15) is 9.59 Å². The molecule has 0 aliphatic heterocycles. The van der Waals surface area contributed by atoms with Crippen LogP contribution in [-0.4, -0.2) is 34.6 Å². The lowest BCUT2D eigenvalue weighted by Gasteiger charge is -2.32. The molecular formula is C31H34Cl2N2O2S. The Balaban J connectivity index is 1.54. The number of thioether (sulfide) groups is 1. The summed E-state index contributed by atoms with van der Waals surface area (Å²) < 4.78 is 0. The third-order valence-corrected chi connectivity index (χ3v) is 8.65. The first-order chi connectivity index (χ1) is 18.5. The molecule has 0 spiro atoms. The quantitative estimate of drug-likeness (QED) is 0.233. The highest BCUT2D eigenvalue weighted by atomic mass is 35.5. The van der Waals surface area contributed by atoms with E-state index in [0.717, 1.165) is 42.6 Å². The second kappa shape index (κ2) is 14.6. The van der Waals surface area contributed by atoms with Crippen molar-refractivity contribution in [2.45, 2.75) is 62.9 Å². The van der Waals surface area contributed by atoms with Crippen LogP contribution in [0.1, 0.15) is 48.8 Å². The molecule has 0 bridgehead atoms. The summed E-state index contributed by atoms with van der Waals surface area (Å²) in [7, 11) is 0. The molecule has 0 unspecified atom stereocenters. The van der Waals surface area contributed by atoms with Crippen molar-refractivity contribution in [2.24, 2.45) is 0 Å². The minimum absolute atomic E-state index is 0.0425. The second-order valence-corrected chi connectivity index (χ2v) is 11.7. The molecule has 1 aliphatic carbocycles. The maximum absolute atomic E-state index is 13.8. The number of rotatable bonds is 12. The predicted octanol–water partition coefficient (Wildman–Crippen LogP) is 7.32. The number of hydrogen-bond donors (Lipinski definition) is 1. The van der Waals surface area contributed by atoms with Crippen molar-refractivity contribution in [3.05, 3.63) is 106 Å². The Hall–Kier alpha value is -2.47. The Labute approximate surface area is 240 Å². The largest absolute Gasteiger partial charge is 0.352 e. The van der Waals surface area contributed by atoms with Gasteiger partial charge in [-0.1, -0.05) is 103 Å². The van der Waals surface area contributed by atoms with Gasteiger partial charge in [-0.15, -0.1) is 0 Å². The Kier molecular flexibility index (Phi) is 11.0. The summed E-state index contributed by atoms with van der Waals surface area (Å²) in [5.41, 5.74) is 3.09. The van der Waals surface area contributed by atoms with Crippen LogP contribution in [0.4, 0.5) is 0 Å². The summed E-state index contributed by atoms with van der Waals surface area (Å²) in [5.74, 6) is 1.38. The smallest absolute Gasteiger partial charge is 0.243 e. The van der Waals surface area contributed by atoms with Crippen LogP contribution < -0.4 is 5.32 Å². The van der Waals surface area contributed by atoms with E-state index >= 15 is 0 Å². The summed E-state index contributed by atoms with van der Waals surface area (Å²) in [6.07, 6.45) is 5.02. The van der Waals surface area contributed by atoms with Gasteiger partial charge < -0.3 is 10.2 Å². The van der Waals surface area contributed by atoms with Crippen LogP contribution in [0.3, 0.4) is 0 Å². The van der Waals surface area contributed by atoms with Gasteiger partial charge in [0.2, 0.25) is 11.8 Å². The van der Waals surface area contributed by atoms with E-state index < -0.39 is 6.04 Å². The fraction of sp³-hybridized carbons (Fsp3) is 0.355. The van der Waals surface area contributed by atoms with Crippen LogP contribution in [0.25, 0.3) is 0 Å². The predicted molar refractivity (Wildman–Crippen MR) is 159 cm³/mol. The molecule has 1 aliphatic rings. The molecule has 4 nitrogen and oxygen atoms in total. The number of hydrogen-bond acceptors (Lipinski definition) is 3. The van der Waals surface area contributed by atoms with Crippen LogP contribution in [0.5, 0.6) is 0 Å². The Morgan fingerprint density at radius 3 is 2.18 bits per heavy atom. The summed E-state index contributed by atoms with van der Waals surface area (Å²) >= 11 is 14.2. The third kappa shape index (κ3) is 8.52. The molecule has 2 amide bonds. The Morgan fingerprint density at radius 2 is 1.53 bits per heavy atom. The molecule has 200 valence electrons. The van der Waals surface area contributed by atoms with Crippen molar-refractivity contribution in [1.29, 1.82) is 0 Å². The monoisotopic (exact) mass is 568 g/mol. The van der Waals surface area contributed by atoms with Crippen molar-refractivity contribution in [1.82, 2.24) is 10.2 Å². The van der Waals surface area contributed by atoms with Gasteiger partial charge in [-0.05, 0) is 41.7 Å². The van der Waals surface area contributed by atoms with Crippen LogP contribution in [-0.2, 0) is 28.3 Å². The van der Waals surface area contributed by atoms with Gasteiger partial charge in [-0.2, -0.15) is 11.8 Å². The van der Waals surface area contributed by atoms with Crippen molar-refractivity contribution in [3.63, 3.8) is 0 Å². The number of benzene rings is 3. The minimum atomic E-state index is -0.626. The number of halogens is 2. The van der Waals surface area contributed by atoms with E-state index in [4.69, 9.17) is 23.2 Å². The average Bonchev–Trinajstić information content (AvgIpc) is 3.44. The molecule has 1 N–H and O–H groups in total. The first-order valence-electron chi connectivity index (χ1n) is 13.2. The van der Waals surface area contributed by atoms with Crippen LogP contribution in [0.15, 0.2) is 78.9 Å². The standard InChI is InChI=1S/C31H34Cl2N2O2S/c32-27-16-15-25(19-28(27)33)21-35(30(36)17-18-38-22-24-11-5-2-6-12-24)29(20-23-9-3-1-4-10-23)31(37)34-26-13-7-8-14-26/h1-6,9-12,15-16,19,26,29H,7-8,13-14,17-18,20-22H2,(H,34,37)/t29-/m1/s1. The SMILES string of the molecule is O=C(NC1CCCC1)[C@@H](Cc1ccccc1)N(Cc1ccc(Cl)c(Cl)c1)C(=O)CCSCc1ccccc1. The molecule has 1 saturated carbocycles. The van der Waals surface area contributed by atoms with Crippen LogP contribution in [0, 0.1) is 0 Å². The lowest BCUT2D eigenvalue weighted by atomic mass is 10.0. The van der Waals surface area contributed by atoms with Gasteiger partial charge >= 0.3 is 0 Å². The van der Waals surface area contributed by atoms with E-state index in [2.05, 4.69) is 17.4 Å². The van der Waals surface area contributed by atoms with Gasteiger partial charge in [0.15, 0.2) is 0 Å². The molecule has 0 heterocycles. The molecule has 38 heavy (non-hydrogen) atoms.